The third kappa shape index (κ3) is 6.30. The van der Waals surface area contributed by atoms with Crippen molar-refractivity contribution in [2.24, 2.45) is 10.8 Å². The van der Waals surface area contributed by atoms with E-state index >= 15 is 0 Å². The van der Waals surface area contributed by atoms with Crippen molar-refractivity contribution in [3.05, 3.63) is 47.1 Å². The summed E-state index contributed by atoms with van der Waals surface area (Å²) in [5, 5.41) is 3.75. The molecule has 0 atom stereocenters. The second-order valence-electron chi connectivity index (χ2n) is 11.1. The maximum Gasteiger partial charge on any atom is 0.318 e. The average molecular weight is 535 g/mol. The number of fused-ring (bicyclic) bond motifs is 1. The van der Waals surface area contributed by atoms with E-state index in [1.807, 2.05) is 30.5 Å². The van der Waals surface area contributed by atoms with Gasteiger partial charge in [0.05, 0.1) is 5.41 Å². The van der Waals surface area contributed by atoms with Crippen LogP contribution in [0.5, 0.6) is 5.75 Å². The third-order valence-electron chi connectivity index (χ3n) is 5.24. The van der Waals surface area contributed by atoms with E-state index in [0.29, 0.717) is 5.75 Å². The van der Waals surface area contributed by atoms with E-state index in [1.165, 1.54) is 0 Å². The van der Waals surface area contributed by atoms with Gasteiger partial charge in [0.1, 0.15) is 22.9 Å². The summed E-state index contributed by atoms with van der Waals surface area (Å²) in [6.07, 6.45) is 3.00. The quantitative estimate of drug-likeness (QED) is 0.193. The first-order chi connectivity index (χ1) is 15.2. The Balaban J connectivity index is 1.99. The van der Waals surface area contributed by atoms with Crippen LogP contribution in [0.2, 0.25) is 0 Å². The van der Waals surface area contributed by atoms with Gasteiger partial charge >= 0.3 is 5.97 Å². The van der Waals surface area contributed by atoms with E-state index < -0.39 is 5.41 Å². The van der Waals surface area contributed by atoms with Crippen molar-refractivity contribution in [2.75, 3.05) is 11.2 Å². The summed E-state index contributed by atoms with van der Waals surface area (Å²) in [5.74, 6) is 1.25. The average Bonchev–Trinajstić information content (AvgIpc) is 3.03. The molecule has 0 aliphatic heterocycles. The van der Waals surface area contributed by atoms with Gasteiger partial charge in [-0.2, -0.15) is 0 Å². The van der Waals surface area contributed by atoms with Crippen LogP contribution in [0, 0.1) is 10.8 Å². The Bertz CT molecular complexity index is 1140. The lowest BCUT2D eigenvalue weighted by Crippen LogP contribution is -2.36. The number of nitrogens with one attached hydrogen (secondary N) is 1. The molecule has 1 aromatic carbocycles. The Kier molecular flexibility index (Phi) is 7.21. The lowest BCUT2D eigenvalue weighted by atomic mass is 9.82. The zero-order valence-corrected chi connectivity index (χ0v) is 22.8. The zero-order valence-electron chi connectivity index (χ0n) is 20.4. The van der Waals surface area contributed by atoms with Gasteiger partial charge in [0.15, 0.2) is 0 Å². The van der Waals surface area contributed by atoms with Crippen molar-refractivity contribution < 1.29 is 9.53 Å². The number of pyridine rings is 1. The van der Waals surface area contributed by atoms with Gasteiger partial charge < -0.3 is 10.1 Å². The molecule has 0 fully saturated rings. The van der Waals surface area contributed by atoms with E-state index in [-0.39, 0.29) is 22.8 Å². The summed E-state index contributed by atoms with van der Waals surface area (Å²) in [4.78, 5) is 17.3. The van der Waals surface area contributed by atoms with Gasteiger partial charge in [-0.3, -0.25) is 9.20 Å². The third-order valence-corrected chi connectivity index (χ3v) is 6.37. The van der Waals surface area contributed by atoms with Crippen molar-refractivity contribution in [2.45, 2.75) is 60.4 Å². The van der Waals surface area contributed by atoms with E-state index in [9.17, 15) is 4.79 Å². The molecular formula is C26H33BrClN3O2. The fraction of sp³-hybridized carbons (Fsp3) is 0.462. The van der Waals surface area contributed by atoms with Crippen LogP contribution in [-0.4, -0.2) is 26.8 Å². The number of carbonyl (C=O) groups is 1. The molecule has 3 aromatic rings. The predicted molar refractivity (Wildman–Crippen MR) is 140 cm³/mol. The number of aromatic nitrogens is 2. The minimum atomic E-state index is -0.745. The maximum absolute atomic E-state index is 12.4. The van der Waals surface area contributed by atoms with Crippen molar-refractivity contribution in [1.82, 2.24) is 9.38 Å². The Morgan fingerprint density at radius 1 is 1.06 bits per heavy atom. The van der Waals surface area contributed by atoms with Crippen LogP contribution >= 0.6 is 27.5 Å². The highest BCUT2D eigenvalue weighted by Gasteiger charge is 2.30. The molecule has 2 aromatic heterocycles. The molecule has 33 heavy (non-hydrogen) atoms. The molecule has 0 saturated heterocycles. The predicted octanol–water partition coefficient (Wildman–Crippen LogP) is 7.56. The number of halogens is 2. The Morgan fingerprint density at radius 2 is 1.70 bits per heavy atom. The fourth-order valence-corrected chi connectivity index (χ4v) is 4.46. The number of hydrogen-bond acceptors (Lipinski definition) is 4. The van der Waals surface area contributed by atoms with Gasteiger partial charge in [0, 0.05) is 27.7 Å². The topological polar surface area (TPSA) is 55.6 Å². The monoisotopic (exact) mass is 533 g/mol. The number of carbonyl (C=O) groups excluding carboxylic acids is 1. The number of hydrogen-bond donors (Lipinski definition) is 1. The van der Waals surface area contributed by atoms with E-state index in [0.717, 1.165) is 33.6 Å². The lowest BCUT2D eigenvalue weighted by molar-refractivity contribution is -0.142. The second-order valence-corrected chi connectivity index (χ2v) is 12.2. The summed E-state index contributed by atoms with van der Waals surface area (Å²) in [7, 11) is 0. The Labute approximate surface area is 210 Å². The van der Waals surface area contributed by atoms with Crippen LogP contribution in [0.1, 0.15) is 54.9 Å². The van der Waals surface area contributed by atoms with Crippen LogP contribution in [0.4, 0.5) is 5.82 Å². The molecule has 3 rings (SSSR count). The normalized spacial score (nSPS) is 12.8. The highest BCUT2D eigenvalue weighted by molar-refractivity contribution is 9.10. The van der Waals surface area contributed by atoms with Crippen LogP contribution in [0.15, 0.2) is 47.1 Å². The van der Waals surface area contributed by atoms with E-state index in [2.05, 4.69) is 60.3 Å². The summed E-state index contributed by atoms with van der Waals surface area (Å²) in [6, 6.07) is 11.4. The van der Waals surface area contributed by atoms with Crippen molar-refractivity contribution >= 4 is 45.0 Å². The highest BCUT2D eigenvalue weighted by atomic mass is 79.9. The van der Waals surface area contributed by atoms with E-state index in [4.69, 9.17) is 21.3 Å². The number of alkyl halides is 1. The number of benzene rings is 1. The molecule has 0 spiro atoms. The second kappa shape index (κ2) is 9.30. The van der Waals surface area contributed by atoms with Crippen molar-refractivity contribution in [1.29, 1.82) is 0 Å². The Hall–Kier alpha value is -2.05. The first-order valence-corrected chi connectivity index (χ1v) is 12.4. The fourth-order valence-electron chi connectivity index (χ4n) is 4.01. The number of nitrogens with zero attached hydrogens (tertiary/aromatic N) is 2. The van der Waals surface area contributed by atoms with Gasteiger partial charge in [-0.1, -0.05) is 20.8 Å². The number of rotatable bonds is 7. The van der Waals surface area contributed by atoms with Crippen LogP contribution < -0.4 is 10.1 Å². The first-order valence-electron chi connectivity index (χ1n) is 11.1. The number of esters is 1. The largest absolute Gasteiger partial charge is 0.426 e. The van der Waals surface area contributed by atoms with Crippen LogP contribution in [-0.2, 0) is 4.79 Å². The highest BCUT2D eigenvalue weighted by Crippen LogP contribution is 2.36. The van der Waals surface area contributed by atoms with Crippen LogP contribution in [0.25, 0.3) is 16.9 Å². The van der Waals surface area contributed by atoms with Gasteiger partial charge in [-0.15, -0.1) is 11.6 Å². The molecule has 0 aliphatic rings. The molecule has 178 valence electrons. The standard InChI is InChI=1S/C26H33BrClN3O2/c1-24(2,3)15-26(6,7)30-22-21(29-20-13-10-18(27)14-31(20)22)17-8-11-19(12-9-17)33-23(32)25(4,5)16-28/h8-14,30H,15-16H2,1-7H3. The maximum atomic E-state index is 12.4. The molecule has 0 unspecified atom stereocenters. The number of ether oxygens (including phenoxy) is 1. The molecule has 5 nitrogen and oxygen atoms in total. The summed E-state index contributed by atoms with van der Waals surface area (Å²) in [6.45, 7) is 14.7. The molecule has 0 amide bonds. The molecule has 0 aliphatic carbocycles. The molecule has 0 radical (unpaired) electrons. The molecular weight excluding hydrogens is 502 g/mol. The van der Waals surface area contributed by atoms with Crippen LogP contribution in [0.3, 0.4) is 0 Å². The van der Waals surface area contributed by atoms with E-state index in [1.54, 1.807) is 26.0 Å². The minimum absolute atomic E-state index is 0.159. The number of imidazole rings is 1. The Morgan fingerprint density at radius 3 is 2.27 bits per heavy atom. The molecule has 7 heteroatoms. The molecule has 0 saturated carbocycles. The van der Waals surface area contributed by atoms with Crippen molar-refractivity contribution in [3.63, 3.8) is 0 Å². The molecule has 0 bridgehead atoms. The van der Waals surface area contributed by atoms with Crippen molar-refractivity contribution in [3.8, 4) is 17.0 Å². The SMILES string of the molecule is CC(C)(C)CC(C)(C)Nc1c(-c2ccc(OC(=O)C(C)(C)CCl)cc2)nc2ccc(Br)cn12. The summed E-state index contributed by atoms with van der Waals surface area (Å²) in [5.41, 5.74) is 1.88. The first kappa shape index (κ1) is 25.6. The molecule has 2 heterocycles. The van der Waals surface area contributed by atoms with Gasteiger partial charge in [0.2, 0.25) is 0 Å². The lowest BCUT2D eigenvalue weighted by Gasteiger charge is -2.34. The summed E-state index contributed by atoms with van der Waals surface area (Å²) < 4.78 is 8.57. The summed E-state index contributed by atoms with van der Waals surface area (Å²) >= 11 is 9.48. The van der Waals surface area contributed by atoms with Gasteiger partial charge in [-0.25, -0.2) is 4.98 Å². The molecule has 1 N–H and O–H groups in total. The smallest absolute Gasteiger partial charge is 0.318 e. The van der Waals surface area contributed by atoms with Gasteiger partial charge in [0.25, 0.3) is 0 Å². The van der Waals surface area contributed by atoms with Gasteiger partial charge in [-0.05, 0) is 91.9 Å². The zero-order chi connectivity index (χ0) is 24.6. The minimum Gasteiger partial charge on any atom is -0.426 e. The number of anilines is 1.